The summed E-state index contributed by atoms with van der Waals surface area (Å²) < 4.78 is 66.1. The highest BCUT2D eigenvalue weighted by Gasteiger charge is 2.19. The molecular formula is C20H14N6O9S. The average Bonchev–Trinajstić information content (AvgIpc) is 2.82. The fourth-order valence-electron chi connectivity index (χ4n) is 2.84. The molecule has 0 aliphatic carbocycles. The highest BCUT2D eigenvalue weighted by Crippen LogP contribution is 2.33. The molecule has 16 heteroatoms. The van der Waals surface area contributed by atoms with E-state index in [0.717, 1.165) is 12.1 Å². The Labute approximate surface area is 202 Å². The van der Waals surface area contributed by atoms with Crippen LogP contribution in [0.25, 0.3) is 0 Å². The van der Waals surface area contributed by atoms with Crippen LogP contribution in [-0.2, 0) is 10.1 Å². The van der Waals surface area contributed by atoms with Gasteiger partial charge < -0.3 is 28.4 Å². The molecule has 0 fully saturated rings. The van der Waals surface area contributed by atoms with Crippen LogP contribution < -0.4 is 28.4 Å². The van der Waals surface area contributed by atoms with Crippen LogP contribution in [0.4, 0.5) is 0 Å². The molecule has 1 aliphatic rings. The largest absolute Gasteiger partial charge is 0.467 e. The standard InChI is InChI=1S/C20H14N6O9S/c1-30-15-21-17-25-19(23-15)34-12-7-13(9-14(8-12)36(27,28)29)35-20-24-16(31-2)22-18(26-20)33-11-5-3-4-10(6-11)32-17/h3-9H,1-2H3,(H,27,28,29). The van der Waals surface area contributed by atoms with Crippen LogP contribution in [0.15, 0.2) is 47.4 Å². The number of rotatable bonds is 3. The summed E-state index contributed by atoms with van der Waals surface area (Å²) in [6, 6.07) is 8.38. The third kappa shape index (κ3) is 5.13. The predicted molar refractivity (Wildman–Crippen MR) is 116 cm³/mol. The first-order valence-electron chi connectivity index (χ1n) is 9.81. The van der Waals surface area contributed by atoms with Gasteiger partial charge in [0.15, 0.2) is 0 Å². The van der Waals surface area contributed by atoms with Gasteiger partial charge in [0, 0.05) is 24.3 Å². The maximum absolute atomic E-state index is 11.9. The van der Waals surface area contributed by atoms with Gasteiger partial charge in [0.1, 0.15) is 27.9 Å². The average molecular weight is 514 g/mol. The normalized spacial score (nSPS) is 12.3. The van der Waals surface area contributed by atoms with E-state index in [1.54, 1.807) is 18.2 Å². The molecule has 0 radical (unpaired) electrons. The van der Waals surface area contributed by atoms with Crippen LogP contribution in [0.1, 0.15) is 0 Å². The lowest BCUT2D eigenvalue weighted by Gasteiger charge is -2.12. The fraction of sp³-hybridized carbons (Fsp3) is 0.100. The smallest absolute Gasteiger partial charge is 0.331 e. The second-order valence-corrected chi connectivity index (χ2v) is 8.19. The van der Waals surface area contributed by atoms with E-state index in [0.29, 0.717) is 0 Å². The van der Waals surface area contributed by atoms with Gasteiger partial charge in [-0.2, -0.15) is 8.42 Å². The van der Waals surface area contributed by atoms with Crippen LogP contribution >= 0.6 is 0 Å². The molecule has 8 bridgehead atoms. The number of nitrogens with zero attached hydrogens (tertiary/aromatic N) is 6. The second kappa shape index (κ2) is 9.08. The minimum Gasteiger partial charge on any atom is -0.467 e. The Balaban J connectivity index is 1.69. The van der Waals surface area contributed by atoms with E-state index in [9.17, 15) is 13.0 Å². The summed E-state index contributed by atoms with van der Waals surface area (Å²) >= 11 is 0. The highest BCUT2D eigenvalue weighted by molar-refractivity contribution is 7.85. The topological polar surface area (TPSA) is 187 Å². The summed E-state index contributed by atoms with van der Waals surface area (Å²) in [7, 11) is -2.03. The molecule has 1 aliphatic heterocycles. The molecule has 4 aromatic rings. The zero-order valence-corrected chi connectivity index (χ0v) is 19.2. The van der Waals surface area contributed by atoms with Crippen molar-refractivity contribution in [3.63, 3.8) is 0 Å². The number of hydrogen-bond acceptors (Lipinski definition) is 14. The Morgan fingerprint density at radius 1 is 0.639 bits per heavy atom. The molecule has 0 amide bonds. The van der Waals surface area contributed by atoms with Crippen LogP contribution in [0.3, 0.4) is 0 Å². The molecule has 0 atom stereocenters. The molecule has 0 saturated carbocycles. The molecule has 2 aromatic heterocycles. The Hall–Kier alpha value is -4.83. The summed E-state index contributed by atoms with van der Waals surface area (Å²) in [4.78, 5) is 23.5. The molecule has 3 heterocycles. The Kier molecular flexibility index (Phi) is 5.79. The summed E-state index contributed by atoms with van der Waals surface area (Å²) in [5, 5.41) is 0. The van der Waals surface area contributed by atoms with Crippen molar-refractivity contribution in [1.82, 2.24) is 29.9 Å². The molecule has 2 aromatic carbocycles. The van der Waals surface area contributed by atoms with Gasteiger partial charge in [-0.3, -0.25) is 4.55 Å². The highest BCUT2D eigenvalue weighted by atomic mass is 32.2. The summed E-state index contributed by atoms with van der Waals surface area (Å²) in [5.41, 5.74) is 0. The van der Waals surface area contributed by atoms with Gasteiger partial charge in [-0.05, 0) is 12.1 Å². The molecular weight excluding hydrogens is 500 g/mol. The lowest BCUT2D eigenvalue weighted by Crippen LogP contribution is -2.04. The molecule has 36 heavy (non-hydrogen) atoms. The number of fused-ring (bicyclic) bond motifs is 8. The molecule has 0 unspecified atom stereocenters. The van der Waals surface area contributed by atoms with Gasteiger partial charge >= 0.3 is 36.1 Å². The summed E-state index contributed by atoms with van der Waals surface area (Å²) in [6.07, 6.45) is 0. The van der Waals surface area contributed by atoms with Crippen molar-refractivity contribution in [1.29, 1.82) is 0 Å². The van der Waals surface area contributed by atoms with Gasteiger partial charge in [0.05, 0.1) is 14.2 Å². The number of hydrogen-bond donors (Lipinski definition) is 1. The minimum absolute atomic E-state index is 0.133. The van der Waals surface area contributed by atoms with E-state index in [1.165, 1.54) is 26.4 Å². The van der Waals surface area contributed by atoms with Crippen molar-refractivity contribution < 1.29 is 41.4 Å². The minimum atomic E-state index is -4.68. The third-order valence-corrected chi connectivity index (χ3v) is 5.14. The third-order valence-electron chi connectivity index (χ3n) is 4.31. The van der Waals surface area contributed by atoms with Gasteiger partial charge in [-0.15, -0.1) is 29.9 Å². The van der Waals surface area contributed by atoms with E-state index in [1.807, 2.05) is 0 Å². The maximum atomic E-state index is 11.9. The van der Waals surface area contributed by atoms with Crippen LogP contribution in [0, 0.1) is 0 Å². The van der Waals surface area contributed by atoms with Crippen molar-refractivity contribution in [3.8, 4) is 59.1 Å². The SMILES string of the molecule is COc1nc2nc(n1)Oc1cc(cc(S(=O)(=O)O)c1)Oc1nc(OC)nc(n1)Oc1cccc(c1)O2. The predicted octanol–water partition coefficient (Wildman–Crippen LogP) is 2.80. The van der Waals surface area contributed by atoms with E-state index in [2.05, 4.69) is 29.9 Å². The maximum Gasteiger partial charge on any atom is 0.331 e. The molecule has 0 saturated heterocycles. The number of ether oxygens (including phenoxy) is 6. The Morgan fingerprint density at radius 2 is 1.03 bits per heavy atom. The van der Waals surface area contributed by atoms with Crippen LogP contribution in [-0.4, -0.2) is 57.1 Å². The molecule has 184 valence electrons. The molecule has 1 N–H and O–H groups in total. The van der Waals surface area contributed by atoms with Gasteiger partial charge in [0.25, 0.3) is 10.1 Å². The van der Waals surface area contributed by atoms with E-state index < -0.39 is 15.0 Å². The molecule has 5 rings (SSSR count). The Bertz CT molecular complexity index is 1470. The van der Waals surface area contributed by atoms with Crippen molar-refractivity contribution >= 4 is 10.1 Å². The zero-order chi connectivity index (χ0) is 25.3. The second-order valence-electron chi connectivity index (χ2n) is 6.77. The van der Waals surface area contributed by atoms with Crippen molar-refractivity contribution in [3.05, 3.63) is 42.5 Å². The van der Waals surface area contributed by atoms with Gasteiger partial charge in [-0.1, -0.05) is 6.07 Å². The van der Waals surface area contributed by atoms with Gasteiger partial charge in [0.2, 0.25) is 0 Å². The van der Waals surface area contributed by atoms with E-state index in [-0.39, 0.29) is 59.1 Å². The molecule has 15 nitrogen and oxygen atoms in total. The first-order chi connectivity index (χ1) is 17.3. The first-order valence-corrected chi connectivity index (χ1v) is 11.3. The van der Waals surface area contributed by atoms with E-state index >= 15 is 0 Å². The molecule has 0 spiro atoms. The van der Waals surface area contributed by atoms with E-state index in [4.69, 9.17) is 28.4 Å². The summed E-state index contributed by atoms with van der Waals surface area (Å²) in [6.45, 7) is 0. The fourth-order valence-corrected chi connectivity index (χ4v) is 3.37. The summed E-state index contributed by atoms with van der Waals surface area (Å²) in [5.74, 6) is 0.274. The number of benzene rings is 2. The van der Waals surface area contributed by atoms with Crippen molar-refractivity contribution in [2.24, 2.45) is 0 Å². The van der Waals surface area contributed by atoms with Crippen LogP contribution in [0.5, 0.6) is 59.1 Å². The van der Waals surface area contributed by atoms with Crippen molar-refractivity contribution in [2.45, 2.75) is 4.90 Å². The van der Waals surface area contributed by atoms with Gasteiger partial charge in [-0.25, -0.2) is 0 Å². The first kappa shape index (κ1) is 22.9. The van der Waals surface area contributed by atoms with Crippen LogP contribution in [0.2, 0.25) is 0 Å². The number of aromatic nitrogens is 6. The lowest BCUT2D eigenvalue weighted by molar-refractivity contribution is 0.329. The quantitative estimate of drug-likeness (QED) is 0.346. The number of methoxy groups -OCH3 is 2. The zero-order valence-electron chi connectivity index (χ0n) is 18.3. The van der Waals surface area contributed by atoms with Crippen molar-refractivity contribution in [2.75, 3.05) is 14.2 Å². The monoisotopic (exact) mass is 514 g/mol. The Morgan fingerprint density at radius 3 is 1.42 bits per heavy atom. The lowest BCUT2D eigenvalue weighted by atomic mass is 10.3.